The summed E-state index contributed by atoms with van der Waals surface area (Å²) in [4.78, 5) is 4.22. The van der Waals surface area contributed by atoms with Crippen LogP contribution < -0.4 is 14.2 Å². The molecule has 1 N–H and O–H groups in total. The molecule has 0 aliphatic carbocycles. The summed E-state index contributed by atoms with van der Waals surface area (Å²) in [6.45, 7) is 0.326. The van der Waals surface area contributed by atoms with Gasteiger partial charge in [0.2, 0.25) is 0 Å². The van der Waals surface area contributed by atoms with Gasteiger partial charge in [-0.3, -0.25) is 4.72 Å². The van der Waals surface area contributed by atoms with Crippen molar-refractivity contribution < 1.29 is 17.9 Å². The van der Waals surface area contributed by atoms with Crippen molar-refractivity contribution in [2.75, 3.05) is 11.8 Å². The molecule has 0 unspecified atom stereocenters. The van der Waals surface area contributed by atoms with Gasteiger partial charge >= 0.3 is 0 Å². The first-order valence-corrected chi connectivity index (χ1v) is 9.77. The third-order valence-corrected chi connectivity index (χ3v) is 5.37. The molecule has 130 valence electrons. The maximum absolute atomic E-state index is 12.6. The summed E-state index contributed by atoms with van der Waals surface area (Å²) in [6.07, 6.45) is 0. The number of hydrogen-bond donors (Lipinski definition) is 1. The Kier molecular flexibility index (Phi) is 5.20. The number of benzene rings is 2. The van der Waals surface area contributed by atoms with Crippen molar-refractivity contribution in [1.82, 2.24) is 4.98 Å². The number of methoxy groups -OCH3 is 1. The number of hydrogen-bond acceptors (Lipinski definition) is 6. The number of thiazole rings is 1. The van der Waals surface area contributed by atoms with Gasteiger partial charge in [0, 0.05) is 11.4 Å². The van der Waals surface area contributed by atoms with Crippen molar-refractivity contribution in [2.45, 2.75) is 11.5 Å². The molecule has 3 aromatic rings. The zero-order valence-corrected chi connectivity index (χ0v) is 15.0. The van der Waals surface area contributed by atoms with Crippen molar-refractivity contribution in [3.05, 3.63) is 65.1 Å². The Morgan fingerprint density at radius 2 is 2.00 bits per heavy atom. The second kappa shape index (κ2) is 7.54. The van der Waals surface area contributed by atoms with Crippen LogP contribution >= 0.6 is 11.3 Å². The van der Waals surface area contributed by atoms with E-state index in [1.54, 1.807) is 48.0 Å². The molecule has 0 aliphatic heterocycles. The van der Waals surface area contributed by atoms with E-state index >= 15 is 0 Å². The minimum absolute atomic E-state index is 0.0753. The first kappa shape index (κ1) is 17.2. The summed E-state index contributed by atoms with van der Waals surface area (Å²) in [6, 6.07) is 13.2. The average Bonchev–Trinajstić information content (AvgIpc) is 3.13. The summed E-state index contributed by atoms with van der Waals surface area (Å²) >= 11 is 1.49. The molecular formula is C17H16N2O4S2. The summed E-state index contributed by atoms with van der Waals surface area (Å²) in [7, 11) is -2.34. The van der Waals surface area contributed by atoms with Crippen LogP contribution in [0.2, 0.25) is 0 Å². The number of ether oxygens (including phenoxy) is 2. The first-order chi connectivity index (χ1) is 12.1. The molecule has 3 rings (SSSR count). The Morgan fingerprint density at radius 1 is 1.16 bits per heavy atom. The van der Waals surface area contributed by atoms with Crippen LogP contribution in [0, 0.1) is 0 Å². The van der Waals surface area contributed by atoms with Crippen molar-refractivity contribution in [3.8, 4) is 11.5 Å². The fourth-order valence-corrected chi connectivity index (χ4v) is 3.93. The second-order valence-electron chi connectivity index (χ2n) is 5.05. The van der Waals surface area contributed by atoms with Crippen LogP contribution in [0.25, 0.3) is 0 Å². The molecule has 6 nitrogen and oxygen atoms in total. The Bertz CT molecular complexity index is 941. The van der Waals surface area contributed by atoms with E-state index < -0.39 is 10.0 Å². The molecule has 8 heteroatoms. The molecule has 0 fully saturated rings. The molecule has 0 spiro atoms. The molecule has 25 heavy (non-hydrogen) atoms. The highest BCUT2D eigenvalue weighted by molar-refractivity contribution is 7.92. The summed E-state index contributed by atoms with van der Waals surface area (Å²) < 4.78 is 38.5. The van der Waals surface area contributed by atoms with Gasteiger partial charge in [-0.1, -0.05) is 18.2 Å². The van der Waals surface area contributed by atoms with Gasteiger partial charge in [-0.2, -0.15) is 0 Å². The van der Waals surface area contributed by atoms with Gasteiger partial charge < -0.3 is 9.47 Å². The van der Waals surface area contributed by atoms with E-state index in [0.29, 0.717) is 18.0 Å². The Balaban J connectivity index is 1.77. The van der Waals surface area contributed by atoms with Crippen LogP contribution in [-0.2, 0) is 16.6 Å². The highest BCUT2D eigenvalue weighted by atomic mass is 32.2. The van der Waals surface area contributed by atoms with E-state index in [2.05, 4.69) is 9.71 Å². The number of aromatic nitrogens is 1. The Hall–Kier alpha value is -2.58. The number of anilines is 1. The van der Waals surface area contributed by atoms with Crippen molar-refractivity contribution in [2.24, 2.45) is 0 Å². The van der Waals surface area contributed by atoms with E-state index in [1.165, 1.54) is 24.5 Å². The van der Waals surface area contributed by atoms with Crippen LogP contribution in [-0.4, -0.2) is 20.5 Å². The molecular weight excluding hydrogens is 360 g/mol. The third-order valence-electron chi connectivity index (χ3n) is 3.32. The van der Waals surface area contributed by atoms with E-state index in [0.717, 1.165) is 5.69 Å². The van der Waals surface area contributed by atoms with E-state index in [9.17, 15) is 8.42 Å². The van der Waals surface area contributed by atoms with Gasteiger partial charge in [-0.15, -0.1) is 11.3 Å². The van der Waals surface area contributed by atoms with Crippen LogP contribution in [0.4, 0.5) is 5.69 Å². The largest absolute Gasteiger partial charge is 0.495 e. The molecule has 1 heterocycles. The first-order valence-electron chi connectivity index (χ1n) is 7.34. The Labute approximate surface area is 150 Å². The fourth-order valence-electron chi connectivity index (χ4n) is 2.17. The predicted octanol–water partition coefficient (Wildman–Crippen LogP) is 3.53. The SMILES string of the molecule is COc1ccccc1S(=O)(=O)Nc1cccc(OCc2cscn2)c1. The van der Waals surface area contributed by atoms with Gasteiger partial charge in [-0.05, 0) is 24.3 Å². The summed E-state index contributed by atoms with van der Waals surface area (Å²) in [5.74, 6) is 0.833. The second-order valence-corrected chi connectivity index (χ2v) is 7.42. The normalized spacial score (nSPS) is 11.1. The molecule has 0 radical (unpaired) electrons. The Morgan fingerprint density at radius 3 is 2.76 bits per heavy atom. The van der Waals surface area contributed by atoms with Crippen molar-refractivity contribution >= 4 is 27.0 Å². The molecule has 0 bridgehead atoms. The molecule has 0 saturated carbocycles. The fraction of sp³-hybridized carbons (Fsp3) is 0.118. The minimum Gasteiger partial charge on any atom is -0.495 e. The smallest absolute Gasteiger partial charge is 0.265 e. The van der Waals surface area contributed by atoms with E-state index in [1.807, 2.05) is 5.38 Å². The van der Waals surface area contributed by atoms with Gasteiger partial charge in [-0.25, -0.2) is 13.4 Å². The quantitative estimate of drug-likeness (QED) is 0.682. The topological polar surface area (TPSA) is 77.5 Å². The van der Waals surface area contributed by atoms with Gasteiger partial charge in [0.1, 0.15) is 23.0 Å². The number of para-hydroxylation sites is 1. The lowest BCUT2D eigenvalue weighted by molar-refractivity contribution is 0.302. The van der Waals surface area contributed by atoms with Gasteiger partial charge in [0.15, 0.2) is 0 Å². The number of nitrogens with zero attached hydrogens (tertiary/aromatic N) is 1. The lowest BCUT2D eigenvalue weighted by atomic mass is 10.3. The maximum atomic E-state index is 12.6. The number of nitrogens with one attached hydrogen (secondary N) is 1. The van der Waals surface area contributed by atoms with E-state index in [-0.39, 0.29) is 10.6 Å². The average molecular weight is 376 g/mol. The zero-order chi connectivity index (χ0) is 17.7. The zero-order valence-electron chi connectivity index (χ0n) is 13.4. The molecule has 0 amide bonds. The molecule has 0 saturated heterocycles. The lowest BCUT2D eigenvalue weighted by Gasteiger charge is -2.12. The van der Waals surface area contributed by atoms with E-state index in [4.69, 9.17) is 9.47 Å². The molecule has 0 aliphatic rings. The highest BCUT2D eigenvalue weighted by Gasteiger charge is 2.19. The maximum Gasteiger partial charge on any atom is 0.265 e. The number of rotatable bonds is 7. The van der Waals surface area contributed by atoms with Crippen molar-refractivity contribution in [3.63, 3.8) is 0 Å². The number of sulfonamides is 1. The minimum atomic E-state index is -3.77. The summed E-state index contributed by atoms with van der Waals surface area (Å²) in [5, 5.41) is 1.90. The van der Waals surface area contributed by atoms with Gasteiger partial charge in [0.05, 0.1) is 24.0 Å². The molecule has 2 aromatic carbocycles. The monoisotopic (exact) mass is 376 g/mol. The molecule has 0 atom stereocenters. The standard InChI is InChI=1S/C17H16N2O4S2/c1-22-16-7-2-3-8-17(16)25(20,21)19-13-5-4-6-15(9-13)23-10-14-11-24-12-18-14/h2-9,11-12,19H,10H2,1H3. The van der Waals surface area contributed by atoms with Crippen molar-refractivity contribution in [1.29, 1.82) is 0 Å². The van der Waals surface area contributed by atoms with Crippen LogP contribution in [0.15, 0.2) is 64.3 Å². The van der Waals surface area contributed by atoms with Gasteiger partial charge in [0.25, 0.3) is 10.0 Å². The third kappa shape index (κ3) is 4.28. The molecule has 1 aromatic heterocycles. The highest BCUT2D eigenvalue weighted by Crippen LogP contribution is 2.26. The van der Waals surface area contributed by atoms with Crippen LogP contribution in [0.1, 0.15) is 5.69 Å². The van der Waals surface area contributed by atoms with Crippen LogP contribution in [0.5, 0.6) is 11.5 Å². The predicted molar refractivity (Wildman–Crippen MR) is 96.7 cm³/mol. The summed E-state index contributed by atoms with van der Waals surface area (Å²) in [5.41, 5.74) is 2.96. The lowest BCUT2D eigenvalue weighted by Crippen LogP contribution is -2.14. The van der Waals surface area contributed by atoms with Crippen LogP contribution in [0.3, 0.4) is 0 Å².